The van der Waals surface area contributed by atoms with Crippen LogP contribution in [0.2, 0.25) is 0 Å². The average Bonchev–Trinajstić information content (AvgIpc) is 3.89. The normalized spacial score (nSPS) is 51.6. The lowest BCUT2D eigenvalue weighted by Crippen LogP contribution is -2.65. The van der Waals surface area contributed by atoms with Gasteiger partial charge in [0, 0.05) is 12.3 Å². The molecular weight excluding hydrogens is 904 g/mol. The molecule has 1 spiro atoms. The fourth-order valence-electron chi connectivity index (χ4n) is 14.6. The van der Waals surface area contributed by atoms with Crippen LogP contribution in [0.3, 0.4) is 0 Å². The molecule has 5 aliphatic heterocycles. The van der Waals surface area contributed by atoms with Gasteiger partial charge in [-0.05, 0) is 123 Å². The van der Waals surface area contributed by atoms with E-state index >= 15 is 0 Å². The van der Waals surface area contributed by atoms with E-state index in [0.29, 0.717) is 48.3 Å². The van der Waals surface area contributed by atoms with E-state index in [0.717, 1.165) is 63.7 Å². The number of benzene rings is 1. The van der Waals surface area contributed by atoms with Gasteiger partial charge in [0.25, 0.3) is 0 Å². The average molecular weight is 977 g/mol. The first-order chi connectivity index (χ1) is 32.8. The summed E-state index contributed by atoms with van der Waals surface area (Å²) in [6.45, 7) is 10.6. The van der Waals surface area contributed by atoms with E-state index in [-0.39, 0.29) is 22.5 Å². The lowest BCUT2D eigenvalue weighted by molar-refractivity contribution is -0.380. The molecule has 9 aliphatic rings. The standard InChI is InChI=1S/C51H73FO17/c1-23-12-17-51(62-21-23)24(2)36-33(69-51)19-32-30-11-8-27-18-29(13-15-49(27,4)31(30)14-16-50(32,36)5)64-48-44(68-46-41(58)39(56)37(54)25(3)63-46)42(59)43(34(20-53)65-48)67-47-40(57)38(55)35(66-47)22-61-45(60)26-6-9-28(52)10-7-26/h6-10,23-25,29-44,46-48,53-59H,11-22H2,1-5H3. The highest BCUT2D eigenvalue weighted by Gasteiger charge is 2.69. The Bertz CT molecular complexity index is 2020. The second kappa shape index (κ2) is 19.2. The van der Waals surface area contributed by atoms with Crippen molar-refractivity contribution in [2.75, 3.05) is 19.8 Å². The molecule has 386 valence electrons. The van der Waals surface area contributed by atoms with Gasteiger partial charge in [0.2, 0.25) is 0 Å². The highest BCUT2D eigenvalue weighted by atomic mass is 19.1. The maximum Gasteiger partial charge on any atom is 0.338 e. The maximum absolute atomic E-state index is 13.4. The number of allylic oxidation sites excluding steroid dienone is 1. The third-order valence-electron chi connectivity index (χ3n) is 18.6. The Kier molecular flexibility index (Phi) is 14.0. The van der Waals surface area contributed by atoms with Crippen LogP contribution in [0, 0.1) is 52.2 Å². The molecule has 18 heteroatoms. The summed E-state index contributed by atoms with van der Waals surface area (Å²) in [6.07, 6.45) is -10.3. The van der Waals surface area contributed by atoms with E-state index in [1.165, 1.54) is 24.6 Å². The SMILES string of the molecule is CC1CCC2(OC1)OC1CC3C4CC=C5CC(OC6OC(CO)C(OC7OC(COC(=O)c8ccc(F)cc8)C(O)C7O)C(O)C6OC6OC(C)C(O)C(O)C6O)CCC5(C)C4CCC3(C)C1C2C. The Morgan fingerprint density at radius 2 is 1.48 bits per heavy atom. The van der Waals surface area contributed by atoms with Gasteiger partial charge in [0.1, 0.15) is 73.5 Å². The molecule has 0 aromatic heterocycles. The first-order valence-corrected chi connectivity index (χ1v) is 25.4. The number of carbonyl (C=O) groups is 1. The number of aliphatic hydroxyl groups is 7. The molecule has 5 saturated heterocycles. The molecule has 25 unspecified atom stereocenters. The number of rotatable bonds is 10. The smallest absolute Gasteiger partial charge is 0.338 e. The van der Waals surface area contributed by atoms with Gasteiger partial charge in [-0.3, -0.25) is 0 Å². The maximum atomic E-state index is 13.4. The van der Waals surface area contributed by atoms with Crippen molar-refractivity contribution in [3.05, 3.63) is 47.3 Å². The fraction of sp³-hybridized carbons (Fsp3) is 0.824. The van der Waals surface area contributed by atoms with Crippen LogP contribution in [0.25, 0.3) is 0 Å². The van der Waals surface area contributed by atoms with Gasteiger partial charge in [-0.1, -0.05) is 39.3 Å². The second-order valence-electron chi connectivity index (χ2n) is 22.5. The van der Waals surface area contributed by atoms with E-state index in [1.807, 2.05) is 0 Å². The summed E-state index contributed by atoms with van der Waals surface area (Å²) < 4.78 is 69.1. The van der Waals surface area contributed by atoms with E-state index in [1.54, 1.807) is 0 Å². The topological polar surface area (TPSA) is 242 Å². The van der Waals surface area contributed by atoms with Crippen LogP contribution < -0.4 is 0 Å². The van der Waals surface area contributed by atoms with E-state index in [4.69, 9.17) is 42.6 Å². The van der Waals surface area contributed by atoms with Crippen LogP contribution in [0.5, 0.6) is 0 Å². The van der Waals surface area contributed by atoms with E-state index in [9.17, 15) is 44.9 Å². The van der Waals surface area contributed by atoms with Crippen molar-refractivity contribution in [3.63, 3.8) is 0 Å². The highest BCUT2D eigenvalue weighted by molar-refractivity contribution is 5.89. The monoisotopic (exact) mass is 976 g/mol. The Labute approximate surface area is 402 Å². The minimum atomic E-state index is -1.75. The number of carbonyl (C=O) groups excluding carboxylic acids is 1. The van der Waals surface area contributed by atoms with Crippen molar-refractivity contribution in [2.45, 2.75) is 196 Å². The molecule has 8 fully saturated rings. The van der Waals surface area contributed by atoms with Gasteiger partial charge < -0.3 is 78.4 Å². The minimum Gasteiger partial charge on any atom is -0.459 e. The zero-order chi connectivity index (χ0) is 48.9. The van der Waals surface area contributed by atoms with Crippen LogP contribution >= 0.6 is 0 Å². The summed E-state index contributed by atoms with van der Waals surface area (Å²) in [5, 5.41) is 76.9. The summed E-state index contributed by atoms with van der Waals surface area (Å²) in [6, 6.07) is 4.65. The number of hydrogen-bond donors (Lipinski definition) is 7. The zero-order valence-electron chi connectivity index (χ0n) is 40.2. The van der Waals surface area contributed by atoms with Gasteiger partial charge in [-0.15, -0.1) is 0 Å². The zero-order valence-corrected chi connectivity index (χ0v) is 40.2. The molecule has 0 amide bonds. The van der Waals surface area contributed by atoms with Gasteiger partial charge in [0.05, 0.1) is 37.1 Å². The van der Waals surface area contributed by atoms with Crippen molar-refractivity contribution < 1.29 is 87.6 Å². The number of halogens is 1. The molecule has 0 bridgehead atoms. The molecule has 17 nitrogen and oxygen atoms in total. The molecule has 10 rings (SSSR count). The van der Waals surface area contributed by atoms with Crippen LogP contribution in [0.4, 0.5) is 4.39 Å². The van der Waals surface area contributed by atoms with E-state index < -0.39 is 123 Å². The molecular formula is C51H73FO17. The summed E-state index contributed by atoms with van der Waals surface area (Å²) in [5.41, 5.74) is 1.50. The van der Waals surface area contributed by atoms with Crippen molar-refractivity contribution in [2.24, 2.45) is 46.3 Å². The number of aliphatic hydroxyl groups excluding tert-OH is 7. The van der Waals surface area contributed by atoms with Crippen LogP contribution in [-0.2, 0) is 42.6 Å². The van der Waals surface area contributed by atoms with Crippen molar-refractivity contribution in [3.8, 4) is 0 Å². The second-order valence-corrected chi connectivity index (χ2v) is 22.5. The highest BCUT2D eigenvalue weighted by Crippen LogP contribution is 2.70. The number of fused-ring (bicyclic) bond motifs is 7. The summed E-state index contributed by atoms with van der Waals surface area (Å²) in [5.74, 6) is 1.12. The number of esters is 1. The van der Waals surface area contributed by atoms with Crippen molar-refractivity contribution >= 4 is 5.97 Å². The first-order valence-electron chi connectivity index (χ1n) is 25.4. The van der Waals surface area contributed by atoms with Gasteiger partial charge in [-0.25, -0.2) is 9.18 Å². The Morgan fingerprint density at radius 3 is 2.20 bits per heavy atom. The largest absolute Gasteiger partial charge is 0.459 e. The first kappa shape index (κ1) is 50.3. The number of hydrogen-bond acceptors (Lipinski definition) is 17. The molecule has 69 heavy (non-hydrogen) atoms. The molecule has 0 radical (unpaired) electrons. The predicted octanol–water partition coefficient (Wildman–Crippen LogP) is 2.86. The number of ether oxygens (including phenoxy) is 9. The third-order valence-corrected chi connectivity index (χ3v) is 18.6. The van der Waals surface area contributed by atoms with Crippen LogP contribution in [0.15, 0.2) is 35.9 Å². The van der Waals surface area contributed by atoms with Gasteiger partial charge in [0.15, 0.2) is 24.7 Å². The minimum absolute atomic E-state index is 0.0503. The molecule has 3 saturated carbocycles. The van der Waals surface area contributed by atoms with Crippen molar-refractivity contribution in [1.29, 1.82) is 0 Å². The Hall–Kier alpha value is -2.24. The Balaban J connectivity index is 0.830. The third kappa shape index (κ3) is 8.75. The quantitative estimate of drug-likeness (QED) is 0.132. The Morgan fingerprint density at radius 1 is 0.768 bits per heavy atom. The lowest BCUT2D eigenvalue weighted by Gasteiger charge is -2.58. The summed E-state index contributed by atoms with van der Waals surface area (Å²) in [7, 11) is 0. The molecule has 25 atom stereocenters. The molecule has 1 aromatic rings. The fourth-order valence-corrected chi connectivity index (χ4v) is 14.6. The summed E-state index contributed by atoms with van der Waals surface area (Å²) >= 11 is 0. The van der Waals surface area contributed by atoms with Gasteiger partial charge >= 0.3 is 5.97 Å². The van der Waals surface area contributed by atoms with E-state index in [2.05, 4.69) is 33.8 Å². The summed E-state index contributed by atoms with van der Waals surface area (Å²) in [4.78, 5) is 12.6. The van der Waals surface area contributed by atoms with Crippen molar-refractivity contribution in [1.82, 2.24) is 0 Å². The predicted molar refractivity (Wildman–Crippen MR) is 238 cm³/mol. The lowest BCUT2D eigenvalue weighted by atomic mass is 9.47. The van der Waals surface area contributed by atoms with Crippen LogP contribution in [0.1, 0.15) is 103 Å². The van der Waals surface area contributed by atoms with Crippen LogP contribution in [-0.4, -0.2) is 166 Å². The molecule has 1 aromatic carbocycles. The molecule has 7 N–H and O–H groups in total. The molecule has 4 aliphatic carbocycles. The van der Waals surface area contributed by atoms with Gasteiger partial charge in [-0.2, -0.15) is 0 Å². The molecule has 5 heterocycles.